The lowest BCUT2D eigenvalue weighted by atomic mass is 10.1. The van der Waals surface area contributed by atoms with Crippen LogP contribution in [0.2, 0.25) is 5.02 Å². The van der Waals surface area contributed by atoms with Gasteiger partial charge in [0.15, 0.2) is 5.96 Å². The van der Waals surface area contributed by atoms with Crippen LogP contribution < -0.4 is 15.5 Å². The van der Waals surface area contributed by atoms with E-state index in [0.29, 0.717) is 0 Å². The highest BCUT2D eigenvalue weighted by Gasteiger charge is 2.18. The van der Waals surface area contributed by atoms with E-state index in [0.717, 1.165) is 82.1 Å². The minimum atomic E-state index is 0.783. The van der Waals surface area contributed by atoms with E-state index < -0.39 is 0 Å². The maximum absolute atomic E-state index is 6.05. The summed E-state index contributed by atoms with van der Waals surface area (Å²) in [7, 11) is 0. The average Bonchev–Trinajstić information content (AvgIpc) is 2.78. The fourth-order valence-electron chi connectivity index (χ4n) is 3.47. The lowest BCUT2D eigenvalue weighted by Crippen LogP contribution is -2.47. The molecule has 8 heteroatoms. The van der Waals surface area contributed by atoms with Crippen molar-refractivity contribution < 1.29 is 0 Å². The molecular weight excluding hydrogens is 398 g/mol. The van der Waals surface area contributed by atoms with E-state index in [1.165, 1.54) is 5.56 Å². The number of nitrogens with zero attached hydrogens (tertiary/aromatic N) is 5. The Morgan fingerprint density at radius 2 is 1.90 bits per heavy atom. The van der Waals surface area contributed by atoms with Crippen LogP contribution >= 0.6 is 11.6 Å². The number of guanidine groups is 1. The smallest absolute Gasteiger partial charge is 0.225 e. The summed E-state index contributed by atoms with van der Waals surface area (Å²) in [6.45, 7) is 9.68. The van der Waals surface area contributed by atoms with Crippen LogP contribution in [0.4, 0.5) is 5.95 Å². The number of aliphatic imine (C=N–C) groups is 1. The second-order valence-corrected chi connectivity index (χ2v) is 7.73. The average molecular weight is 430 g/mol. The standard InChI is InChI=1S/C22H32ClN7/c1-2-24-21(26-12-8-19-6-3-7-20(23)18-19)25-11-5-13-29-14-16-30(17-15-29)22-27-9-4-10-28-22/h3-4,6-7,9-10,18H,2,5,8,11-17H2,1H3,(H2,24,25,26). The summed E-state index contributed by atoms with van der Waals surface area (Å²) in [5.41, 5.74) is 1.23. The summed E-state index contributed by atoms with van der Waals surface area (Å²) in [5, 5.41) is 7.52. The molecule has 0 bridgehead atoms. The molecule has 1 aliphatic heterocycles. The van der Waals surface area contributed by atoms with E-state index in [4.69, 9.17) is 16.6 Å². The topological polar surface area (TPSA) is 68.7 Å². The second kappa shape index (κ2) is 12.3. The Morgan fingerprint density at radius 1 is 1.10 bits per heavy atom. The molecule has 2 N–H and O–H groups in total. The molecule has 2 aromatic rings. The third kappa shape index (κ3) is 7.46. The third-order valence-electron chi connectivity index (χ3n) is 5.05. The number of anilines is 1. The molecule has 0 aliphatic carbocycles. The lowest BCUT2D eigenvalue weighted by Gasteiger charge is -2.34. The Morgan fingerprint density at radius 3 is 2.63 bits per heavy atom. The van der Waals surface area contributed by atoms with Crippen LogP contribution in [0.25, 0.3) is 0 Å². The zero-order valence-corrected chi connectivity index (χ0v) is 18.5. The van der Waals surface area contributed by atoms with Gasteiger partial charge >= 0.3 is 0 Å². The zero-order chi connectivity index (χ0) is 21.0. The van der Waals surface area contributed by atoms with Gasteiger partial charge in [0.25, 0.3) is 0 Å². The third-order valence-corrected chi connectivity index (χ3v) is 5.28. The molecular formula is C22H32ClN7. The van der Waals surface area contributed by atoms with Crippen LogP contribution in [0.1, 0.15) is 18.9 Å². The number of hydrogen-bond donors (Lipinski definition) is 2. The fourth-order valence-corrected chi connectivity index (χ4v) is 3.68. The summed E-state index contributed by atoms with van der Waals surface area (Å²) >= 11 is 6.05. The highest BCUT2D eigenvalue weighted by atomic mass is 35.5. The van der Waals surface area contributed by atoms with E-state index >= 15 is 0 Å². The molecule has 0 saturated carbocycles. The first kappa shape index (κ1) is 22.3. The summed E-state index contributed by atoms with van der Waals surface area (Å²) in [4.78, 5) is 18.2. The minimum absolute atomic E-state index is 0.783. The highest BCUT2D eigenvalue weighted by Crippen LogP contribution is 2.11. The summed E-state index contributed by atoms with van der Waals surface area (Å²) < 4.78 is 0. The van der Waals surface area contributed by atoms with Crippen LogP contribution in [0.3, 0.4) is 0 Å². The van der Waals surface area contributed by atoms with Crippen LogP contribution in [-0.2, 0) is 6.42 Å². The second-order valence-electron chi connectivity index (χ2n) is 7.30. The number of nitrogens with one attached hydrogen (secondary N) is 2. The van der Waals surface area contributed by atoms with Crippen LogP contribution in [0, 0.1) is 0 Å². The minimum Gasteiger partial charge on any atom is -0.357 e. The maximum Gasteiger partial charge on any atom is 0.225 e. The molecule has 0 spiro atoms. The number of aromatic nitrogens is 2. The number of rotatable bonds is 9. The first-order valence-electron chi connectivity index (χ1n) is 10.8. The van der Waals surface area contributed by atoms with Gasteiger partial charge in [-0.15, -0.1) is 0 Å². The zero-order valence-electron chi connectivity index (χ0n) is 17.7. The quantitative estimate of drug-likeness (QED) is 0.362. The summed E-state index contributed by atoms with van der Waals surface area (Å²) in [6, 6.07) is 9.86. The molecule has 2 heterocycles. The Labute approximate surface area is 184 Å². The Bertz CT molecular complexity index is 776. The molecule has 1 aromatic heterocycles. The summed E-state index contributed by atoms with van der Waals surface area (Å²) in [6.07, 6.45) is 5.57. The van der Waals surface area contributed by atoms with Gasteiger partial charge in [-0.05, 0) is 43.5 Å². The van der Waals surface area contributed by atoms with E-state index in [-0.39, 0.29) is 0 Å². The number of hydrogen-bond acceptors (Lipinski definition) is 5. The maximum atomic E-state index is 6.05. The largest absolute Gasteiger partial charge is 0.357 e. The predicted octanol–water partition coefficient (Wildman–Crippen LogP) is 2.44. The SMILES string of the molecule is CCNC(=NCCCN1CCN(c2ncccn2)CC1)NCCc1cccc(Cl)c1. The van der Waals surface area contributed by atoms with Crippen molar-refractivity contribution in [2.75, 3.05) is 57.3 Å². The first-order chi connectivity index (χ1) is 14.7. The van der Waals surface area contributed by atoms with E-state index in [2.05, 4.69) is 43.4 Å². The van der Waals surface area contributed by atoms with E-state index in [9.17, 15) is 0 Å². The molecule has 7 nitrogen and oxygen atoms in total. The van der Waals surface area contributed by atoms with Gasteiger partial charge in [0.1, 0.15) is 0 Å². The molecule has 0 atom stereocenters. The van der Waals surface area contributed by atoms with Gasteiger partial charge < -0.3 is 15.5 Å². The van der Waals surface area contributed by atoms with Crippen LogP contribution in [-0.4, -0.2) is 73.2 Å². The van der Waals surface area contributed by atoms with Crippen LogP contribution in [0.15, 0.2) is 47.7 Å². The fraction of sp³-hybridized carbons (Fsp3) is 0.500. The van der Waals surface area contributed by atoms with Crippen LogP contribution in [0.5, 0.6) is 0 Å². The van der Waals surface area contributed by atoms with Crippen molar-refractivity contribution in [1.82, 2.24) is 25.5 Å². The summed E-state index contributed by atoms with van der Waals surface area (Å²) in [5.74, 6) is 1.71. The molecule has 1 aromatic carbocycles. The molecule has 0 unspecified atom stereocenters. The van der Waals surface area contributed by atoms with Gasteiger partial charge in [0.2, 0.25) is 5.95 Å². The Balaban J connectivity index is 1.34. The molecule has 1 fully saturated rings. The van der Waals surface area contributed by atoms with E-state index in [1.54, 1.807) is 12.4 Å². The molecule has 0 radical (unpaired) electrons. The molecule has 162 valence electrons. The lowest BCUT2D eigenvalue weighted by molar-refractivity contribution is 0.255. The Kier molecular flexibility index (Phi) is 9.18. The predicted molar refractivity (Wildman–Crippen MR) is 124 cm³/mol. The monoisotopic (exact) mass is 429 g/mol. The van der Waals surface area contributed by atoms with E-state index in [1.807, 2.05) is 24.3 Å². The first-order valence-corrected chi connectivity index (χ1v) is 11.1. The van der Waals surface area contributed by atoms with Gasteiger partial charge in [-0.3, -0.25) is 9.89 Å². The molecule has 0 amide bonds. The van der Waals surface area contributed by atoms with Crippen molar-refractivity contribution in [3.8, 4) is 0 Å². The van der Waals surface area contributed by atoms with Gasteiger partial charge in [0, 0.05) is 69.8 Å². The van der Waals surface area contributed by atoms with Gasteiger partial charge in [0.05, 0.1) is 0 Å². The highest BCUT2D eigenvalue weighted by molar-refractivity contribution is 6.30. The number of benzene rings is 1. The normalized spacial score (nSPS) is 15.3. The number of halogens is 1. The molecule has 30 heavy (non-hydrogen) atoms. The van der Waals surface area contributed by atoms with Gasteiger partial charge in [-0.25, -0.2) is 9.97 Å². The van der Waals surface area contributed by atoms with Crippen molar-refractivity contribution in [3.05, 3.63) is 53.3 Å². The van der Waals surface area contributed by atoms with Crippen molar-refractivity contribution >= 4 is 23.5 Å². The van der Waals surface area contributed by atoms with Crippen molar-refractivity contribution in [3.63, 3.8) is 0 Å². The van der Waals surface area contributed by atoms with Gasteiger partial charge in [-0.2, -0.15) is 0 Å². The molecule has 1 aliphatic rings. The number of piperazine rings is 1. The van der Waals surface area contributed by atoms with Crippen molar-refractivity contribution in [2.45, 2.75) is 19.8 Å². The molecule has 1 saturated heterocycles. The van der Waals surface area contributed by atoms with Gasteiger partial charge in [-0.1, -0.05) is 23.7 Å². The van der Waals surface area contributed by atoms with Crippen molar-refractivity contribution in [1.29, 1.82) is 0 Å². The molecule has 3 rings (SSSR count). The van der Waals surface area contributed by atoms with Crippen molar-refractivity contribution in [2.24, 2.45) is 4.99 Å². The Hall–Kier alpha value is -2.38.